The number of benzene rings is 1. The molecule has 0 amide bonds. The molecule has 0 radical (unpaired) electrons. The average Bonchev–Trinajstić information content (AvgIpc) is 2.73. The Morgan fingerprint density at radius 3 is 3.00 bits per heavy atom. The molecule has 0 saturated carbocycles. The highest BCUT2D eigenvalue weighted by molar-refractivity contribution is 9.10. The first-order chi connectivity index (χ1) is 7.25. The lowest BCUT2D eigenvalue weighted by Crippen LogP contribution is -1.97. The van der Waals surface area contributed by atoms with E-state index in [1.54, 1.807) is 6.20 Å². The van der Waals surface area contributed by atoms with Gasteiger partial charge in [0.05, 0.1) is 11.2 Å². The van der Waals surface area contributed by atoms with Gasteiger partial charge in [0, 0.05) is 22.5 Å². The summed E-state index contributed by atoms with van der Waals surface area (Å²) in [6.07, 6.45) is 1.70. The monoisotopic (exact) mass is 303 g/mol. The van der Waals surface area contributed by atoms with Gasteiger partial charge < -0.3 is 5.32 Å². The lowest BCUT2D eigenvalue weighted by molar-refractivity contribution is 1.13. The highest BCUT2D eigenvalue weighted by atomic mass is 79.9. The predicted octanol–water partition coefficient (Wildman–Crippen LogP) is 3.57. The van der Waals surface area contributed by atoms with Crippen LogP contribution in [0.25, 0.3) is 0 Å². The molecule has 1 N–H and O–H groups in total. The molecule has 0 saturated heterocycles. The normalized spacial score (nSPS) is 10.3. The first kappa shape index (κ1) is 10.9. The minimum atomic E-state index is 0.719. The first-order valence-corrected chi connectivity index (χ1v) is 6.15. The molecule has 0 aliphatic heterocycles. The Morgan fingerprint density at radius 1 is 1.47 bits per heavy atom. The van der Waals surface area contributed by atoms with Gasteiger partial charge in [-0.25, -0.2) is 0 Å². The summed E-state index contributed by atoms with van der Waals surface area (Å²) in [5.41, 5.74) is 1.12. The fourth-order valence-electron chi connectivity index (χ4n) is 1.08. The average molecular weight is 305 g/mol. The fourth-order valence-corrected chi connectivity index (χ4v) is 1.95. The van der Waals surface area contributed by atoms with Crippen molar-refractivity contribution in [2.24, 2.45) is 0 Å². The van der Waals surface area contributed by atoms with Crippen LogP contribution in [-0.4, -0.2) is 9.59 Å². The van der Waals surface area contributed by atoms with E-state index in [0.717, 1.165) is 26.6 Å². The standard InChI is InChI=1S/C9H7BrClN3S/c10-7-2-1-6(3-8(7)11)4-12-9-5-13-14-15-9/h1-3,5,12H,4H2. The molecule has 0 fully saturated rings. The third kappa shape index (κ3) is 2.90. The Hall–Kier alpha value is -0.650. The van der Waals surface area contributed by atoms with Crippen molar-refractivity contribution in [3.8, 4) is 0 Å². The van der Waals surface area contributed by atoms with Crippen molar-refractivity contribution >= 4 is 44.1 Å². The zero-order valence-corrected chi connectivity index (χ0v) is 10.7. The Bertz CT molecular complexity index is 447. The molecule has 0 atom stereocenters. The second-order valence-electron chi connectivity index (χ2n) is 2.88. The molecule has 3 nitrogen and oxygen atoms in total. The number of hydrogen-bond donors (Lipinski definition) is 1. The van der Waals surface area contributed by atoms with E-state index >= 15 is 0 Å². The van der Waals surface area contributed by atoms with Gasteiger partial charge in [-0.05, 0) is 33.6 Å². The van der Waals surface area contributed by atoms with Crippen LogP contribution in [0.2, 0.25) is 5.02 Å². The van der Waals surface area contributed by atoms with Crippen LogP contribution in [-0.2, 0) is 6.54 Å². The quantitative estimate of drug-likeness (QED) is 0.942. The number of aromatic nitrogens is 2. The Labute approximate surface area is 105 Å². The van der Waals surface area contributed by atoms with Gasteiger partial charge in [-0.3, -0.25) is 0 Å². The van der Waals surface area contributed by atoms with Crippen molar-refractivity contribution < 1.29 is 0 Å². The lowest BCUT2D eigenvalue weighted by atomic mass is 10.2. The van der Waals surface area contributed by atoms with E-state index in [-0.39, 0.29) is 0 Å². The third-order valence-corrected chi connectivity index (χ3v) is 3.67. The van der Waals surface area contributed by atoms with Crippen LogP contribution in [0.3, 0.4) is 0 Å². The van der Waals surface area contributed by atoms with Gasteiger partial charge in [0.2, 0.25) is 0 Å². The molecule has 1 heterocycles. The van der Waals surface area contributed by atoms with Crippen molar-refractivity contribution in [1.29, 1.82) is 0 Å². The third-order valence-electron chi connectivity index (χ3n) is 1.81. The van der Waals surface area contributed by atoms with Gasteiger partial charge in [-0.15, -0.1) is 5.10 Å². The largest absolute Gasteiger partial charge is 0.370 e. The van der Waals surface area contributed by atoms with Crippen LogP contribution in [0, 0.1) is 0 Å². The summed E-state index contributed by atoms with van der Waals surface area (Å²) in [4.78, 5) is 0. The van der Waals surface area contributed by atoms with E-state index in [1.165, 1.54) is 11.5 Å². The molecular weight excluding hydrogens is 298 g/mol. The summed E-state index contributed by atoms with van der Waals surface area (Å²) >= 11 is 10.7. The van der Waals surface area contributed by atoms with E-state index in [2.05, 4.69) is 30.8 Å². The number of nitrogens with one attached hydrogen (secondary N) is 1. The van der Waals surface area contributed by atoms with Gasteiger partial charge in [0.25, 0.3) is 0 Å². The molecule has 0 unspecified atom stereocenters. The van der Waals surface area contributed by atoms with Gasteiger partial charge in [-0.1, -0.05) is 22.2 Å². The topological polar surface area (TPSA) is 37.8 Å². The van der Waals surface area contributed by atoms with Gasteiger partial charge in [-0.2, -0.15) is 0 Å². The predicted molar refractivity (Wildman–Crippen MR) is 66.4 cm³/mol. The van der Waals surface area contributed by atoms with Crippen molar-refractivity contribution in [3.63, 3.8) is 0 Å². The van der Waals surface area contributed by atoms with Crippen LogP contribution in [0.15, 0.2) is 28.9 Å². The number of anilines is 1. The summed E-state index contributed by atoms with van der Waals surface area (Å²) in [5.74, 6) is 0. The smallest absolute Gasteiger partial charge is 0.130 e. The van der Waals surface area contributed by atoms with E-state index in [0.29, 0.717) is 0 Å². The maximum atomic E-state index is 5.98. The van der Waals surface area contributed by atoms with E-state index in [1.807, 2.05) is 18.2 Å². The lowest BCUT2D eigenvalue weighted by Gasteiger charge is -2.04. The van der Waals surface area contributed by atoms with Crippen molar-refractivity contribution in [2.75, 3.05) is 5.32 Å². The number of nitrogens with zero attached hydrogens (tertiary/aromatic N) is 2. The Kier molecular flexibility index (Phi) is 3.56. The summed E-state index contributed by atoms with van der Waals surface area (Å²) in [6, 6.07) is 5.87. The molecule has 2 aromatic rings. The minimum Gasteiger partial charge on any atom is -0.370 e. The van der Waals surface area contributed by atoms with Crippen LogP contribution < -0.4 is 5.32 Å². The fraction of sp³-hybridized carbons (Fsp3) is 0.111. The Balaban J connectivity index is 2.02. The molecule has 0 spiro atoms. The highest BCUT2D eigenvalue weighted by Gasteiger charge is 2.00. The molecule has 78 valence electrons. The van der Waals surface area contributed by atoms with Gasteiger partial charge in [0.1, 0.15) is 5.00 Å². The second-order valence-corrected chi connectivity index (χ2v) is 4.93. The SMILES string of the molecule is Clc1cc(CNc2cnns2)ccc1Br. The Morgan fingerprint density at radius 2 is 2.33 bits per heavy atom. The maximum Gasteiger partial charge on any atom is 0.130 e. The molecule has 6 heteroatoms. The number of rotatable bonds is 3. The molecule has 0 bridgehead atoms. The minimum absolute atomic E-state index is 0.719. The maximum absolute atomic E-state index is 5.98. The molecular formula is C9H7BrClN3S. The zero-order valence-electron chi connectivity index (χ0n) is 7.58. The highest BCUT2D eigenvalue weighted by Crippen LogP contribution is 2.23. The van der Waals surface area contributed by atoms with Crippen molar-refractivity contribution in [3.05, 3.63) is 39.5 Å². The molecule has 15 heavy (non-hydrogen) atoms. The number of halogens is 2. The molecule has 0 aliphatic carbocycles. The van der Waals surface area contributed by atoms with Gasteiger partial charge >= 0.3 is 0 Å². The molecule has 0 aliphatic rings. The van der Waals surface area contributed by atoms with Crippen LogP contribution in [0.4, 0.5) is 5.00 Å². The summed E-state index contributed by atoms with van der Waals surface area (Å²) in [7, 11) is 0. The van der Waals surface area contributed by atoms with Crippen LogP contribution in [0.5, 0.6) is 0 Å². The summed E-state index contributed by atoms with van der Waals surface area (Å²) < 4.78 is 4.67. The van der Waals surface area contributed by atoms with Crippen LogP contribution >= 0.6 is 39.1 Å². The first-order valence-electron chi connectivity index (χ1n) is 4.21. The van der Waals surface area contributed by atoms with Gasteiger partial charge in [0.15, 0.2) is 0 Å². The molecule has 1 aromatic heterocycles. The van der Waals surface area contributed by atoms with E-state index < -0.39 is 0 Å². The number of hydrogen-bond acceptors (Lipinski definition) is 4. The second kappa shape index (κ2) is 4.92. The van der Waals surface area contributed by atoms with E-state index in [4.69, 9.17) is 11.6 Å². The van der Waals surface area contributed by atoms with Crippen molar-refractivity contribution in [2.45, 2.75) is 6.54 Å². The van der Waals surface area contributed by atoms with E-state index in [9.17, 15) is 0 Å². The molecule has 2 rings (SSSR count). The summed E-state index contributed by atoms with van der Waals surface area (Å²) in [5, 5.41) is 8.62. The summed E-state index contributed by atoms with van der Waals surface area (Å²) in [6.45, 7) is 0.719. The van der Waals surface area contributed by atoms with Crippen molar-refractivity contribution in [1.82, 2.24) is 9.59 Å². The molecule has 1 aromatic carbocycles. The zero-order chi connectivity index (χ0) is 10.7. The van der Waals surface area contributed by atoms with Crippen LogP contribution in [0.1, 0.15) is 5.56 Å².